The summed E-state index contributed by atoms with van der Waals surface area (Å²) in [7, 11) is 3.16. The van der Waals surface area contributed by atoms with Crippen molar-refractivity contribution >= 4 is 21.8 Å². The Hall–Kier alpha value is -2.05. The summed E-state index contributed by atoms with van der Waals surface area (Å²) in [5, 5.41) is 0. The molecule has 5 nitrogen and oxygen atoms in total. The van der Waals surface area contributed by atoms with Gasteiger partial charge < -0.3 is 14.4 Å². The average Bonchev–Trinajstić information content (AvgIpc) is 2.68. The summed E-state index contributed by atoms with van der Waals surface area (Å²) in [5.41, 5.74) is 1.88. The van der Waals surface area contributed by atoms with E-state index >= 15 is 0 Å². The van der Waals surface area contributed by atoms with Crippen LogP contribution in [0.1, 0.15) is 22.8 Å². The van der Waals surface area contributed by atoms with Crippen molar-refractivity contribution in [2.24, 2.45) is 0 Å². The molecule has 0 bridgehead atoms. The Morgan fingerprint density at radius 2 is 1.74 bits per heavy atom. The van der Waals surface area contributed by atoms with Crippen LogP contribution in [0.3, 0.4) is 0 Å². The highest BCUT2D eigenvalue weighted by molar-refractivity contribution is 9.10. The van der Waals surface area contributed by atoms with Gasteiger partial charge >= 0.3 is 0 Å². The first-order chi connectivity index (χ1) is 13.0. The average molecular weight is 433 g/mol. The number of piperazine rings is 1. The minimum absolute atomic E-state index is 0.00552. The molecule has 0 aromatic heterocycles. The lowest BCUT2D eigenvalue weighted by Crippen LogP contribution is -2.53. The molecule has 2 aromatic rings. The number of nitrogens with zero attached hydrogens (tertiary/aromatic N) is 2. The first kappa shape index (κ1) is 19.7. The summed E-state index contributed by atoms with van der Waals surface area (Å²) < 4.78 is 11.5. The van der Waals surface area contributed by atoms with Crippen LogP contribution in [0.4, 0.5) is 0 Å². The maximum absolute atomic E-state index is 13.1. The lowest BCUT2D eigenvalue weighted by Gasteiger charge is -2.40. The first-order valence-corrected chi connectivity index (χ1v) is 9.81. The molecular weight excluding hydrogens is 408 g/mol. The lowest BCUT2D eigenvalue weighted by molar-refractivity contribution is 0.0475. The molecule has 0 spiro atoms. The molecule has 0 saturated carbocycles. The fraction of sp³-hybridized carbons (Fsp3) is 0.381. The Balaban J connectivity index is 1.71. The van der Waals surface area contributed by atoms with Crippen molar-refractivity contribution in [3.63, 3.8) is 0 Å². The molecule has 144 valence electrons. The van der Waals surface area contributed by atoms with E-state index in [1.165, 1.54) is 5.56 Å². The normalized spacial score (nSPS) is 17.6. The fourth-order valence-electron chi connectivity index (χ4n) is 3.48. The second-order valence-corrected chi connectivity index (χ2v) is 7.56. The van der Waals surface area contributed by atoms with Gasteiger partial charge in [-0.1, -0.05) is 30.3 Å². The van der Waals surface area contributed by atoms with Crippen LogP contribution in [0.25, 0.3) is 0 Å². The highest BCUT2D eigenvalue weighted by Crippen LogP contribution is 2.36. The fourth-order valence-corrected chi connectivity index (χ4v) is 4.03. The summed E-state index contributed by atoms with van der Waals surface area (Å²) in [6.07, 6.45) is 0. The smallest absolute Gasteiger partial charge is 0.254 e. The number of hydrogen-bond acceptors (Lipinski definition) is 4. The van der Waals surface area contributed by atoms with Gasteiger partial charge in [0.1, 0.15) is 16.0 Å². The molecule has 1 aliphatic rings. The van der Waals surface area contributed by atoms with Gasteiger partial charge in [-0.3, -0.25) is 9.69 Å². The molecule has 1 saturated heterocycles. The molecule has 1 atom stereocenters. The molecule has 0 aliphatic carbocycles. The lowest BCUT2D eigenvalue weighted by atomic mass is 10.1. The largest absolute Gasteiger partial charge is 0.495 e. The minimum atomic E-state index is 0.00552. The van der Waals surface area contributed by atoms with Crippen LogP contribution < -0.4 is 9.47 Å². The van der Waals surface area contributed by atoms with E-state index in [9.17, 15) is 4.79 Å². The number of ether oxygens (including phenoxy) is 2. The van der Waals surface area contributed by atoms with E-state index in [-0.39, 0.29) is 11.9 Å². The first-order valence-electron chi connectivity index (χ1n) is 9.02. The molecule has 1 amide bonds. The van der Waals surface area contributed by atoms with E-state index in [1.54, 1.807) is 26.4 Å². The zero-order valence-electron chi connectivity index (χ0n) is 15.9. The van der Waals surface area contributed by atoms with E-state index < -0.39 is 0 Å². The highest BCUT2D eigenvalue weighted by atomic mass is 79.9. The van der Waals surface area contributed by atoms with Gasteiger partial charge in [-0.05, 0) is 40.5 Å². The molecular formula is C21H25BrN2O3. The Kier molecular flexibility index (Phi) is 6.39. The summed E-state index contributed by atoms with van der Waals surface area (Å²) in [6, 6.07) is 14.1. The SMILES string of the molecule is COc1cc(C(=O)N2CCN(Cc3ccccc3)CC2C)cc(OC)c1Br. The second kappa shape index (κ2) is 8.76. The molecule has 0 radical (unpaired) electrons. The Morgan fingerprint density at radius 3 is 2.30 bits per heavy atom. The van der Waals surface area contributed by atoms with Crippen molar-refractivity contribution in [3.05, 3.63) is 58.1 Å². The zero-order chi connectivity index (χ0) is 19.4. The Labute approximate surface area is 169 Å². The van der Waals surface area contributed by atoms with Crippen molar-refractivity contribution < 1.29 is 14.3 Å². The van der Waals surface area contributed by atoms with Gasteiger partial charge in [0.15, 0.2) is 0 Å². The molecule has 27 heavy (non-hydrogen) atoms. The van der Waals surface area contributed by atoms with Crippen molar-refractivity contribution in [2.45, 2.75) is 19.5 Å². The van der Waals surface area contributed by atoms with Crippen LogP contribution in [0, 0.1) is 0 Å². The van der Waals surface area contributed by atoms with Gasteiger partial charge in [0.25, 0.3) is 5.91 Å². The van der Waals surface area contributed by atoms with Crippen molar-refractivity contribution in [1.29, 1.82) is 0 Å². The zero-order valence-corrected chi connectivity index (χ0v) is 17.5. The summed E-state index contributed by atoms with van der Waals surface area (Å²) in [5.74, 6) is 1.19. The third kappa shape index (κ3) is 4.45. The van der Waals surface area contributed by atoms with Crippen LogP contribution in [0.5, 0.6) is 11.5 Å². The monoisotopic (exact) mass is 432 g/mol. The molecule has 0 N–H and O–H groups in total. The molecule has 2 aromatic carbocycles. The predicted octanol–water partition coefficient (Wildman–Crippen LogP) is 3.81. The van der Waals surface area contributed by atoms with Gasteiger partial charge in [0.2, 0.25) is 0 Å². The number of hydrogen-bond donors (Lipinski definition) is 0. The number of carbonyl (C=O) groups is 1. The van der Waals surface area contributed by atoms with Crippen LogP contribution >= 0.6 is 15.9 Å². The van der Waals surface area contributed by atoms with Gasteiger partial charge in [-0.15, -0.1) is 0 Å². The topological polar surface area (TPSA) is 42.0 Å². The van der Waals surface area contributed by atoms with E-state index in [0.29, 0.717) is 28.1 Å². The van der Waals surface area contributed by atoms with Crippen LogP contribution in [0.2, 0.25) is 0 Å². The predicted molar refractivity (Wildman–Crippen MR) is 109 cm³/mol. The molecule has 1 fully saturated rings. The number of rotatable bonds is 5. The number of carbonyl (C=O) groups excluding carboxylic acids is 1. The Bertz CT molecular complexity index is 772. The standard InChI is InChI=1S/C21H25BrN2O3/c1-15-13-23(14-16-7-5-4-6-8-16)9-10-24(15)21(25)17-11-18(26-2)20(22)19(12-17)27-3/h4-8,11-12,15H,9-10,13-14H2,1-3H3. The second-order valence-electron chi connectivity index (χ2n) is 6.76. The highest BCUT2D eigenvalue weighted by Gasteiger charge is 2.29. The summed E-state index contributed by atoms with van der Waals surface area (Å²) in [4.78, 5) is 17.4. The maximum Gasteiger partial charge on any atom is 0.254 e. The third-order valence-electron chi connectivity index (χ3n) is 4.91. The molecule has 6 heteroatoms. The van der Waals surface area contributed by atoms with Crippen LogP contribution in [-0.2, 0) is 6.54 Å². The quantitative estimate of drug-likeness (QED) is 0.719. The number of halogens is 1. The van der Waals surface area contributed by atoms with E-state index in [2.05, 4.69) is 52.0 Å². The molecule has 1 aliphatic heterocycles. The maximum atomic E-state index is 13.1. The molecule has 3 rings (SSSR count). The van der Waals surface area contributed by atoms with Crippen molar-refractivity contribution in [1.82, 2.24) is 9.80 Å². The van der Waals surface area contributed by atoms with Crippen molar-refractivity contribution in [3.8, 4) is 11.5 Å². The summed E-state index contributed by atoms with van der Waals surface area (Å²) in [6.45, 7) is 5.42. The van der Waals surface area contributed by atoms with Crippen molar-refractivity contribution in [2.75, 3.05) is 33.9 Å². The molecule has 1 unspecified atom stereocenters. The van der Waals surface area contributed by atoms with E-state index in [0.717, 1.165) is 19.6 Å². The van der Waals surface area contributed by atoms with Crippen LogP contribution in [0.15, 0.2) is 46.9 Å². The third-order valence-corrected chi connectivity index (χ3v) is 5.70. The summed E-state index contributed by atoms with van der Waals surface area (Å²) >= 11 is 3.45. The van der Waals surface area contributed by atoms with Gasteiger partial charge in [-0.25, -0.2) is 0 Å². The van der Waals surface area contributed by atoms with Gasteiger partial charge in [0, 0.05) is 37.8 Å². The number of methoxy groups -OCH3 is 2. The Morgan fingerprint density at radius 1 is 1.11 bits per heavy atom. The molecule has 1 heterocycles. The number of amides is 1. The van der Waals surface area contributed by atoms with E-state index in [4.69, 9.17) is 9.47 Å². The minimum Gasteiger partial charge on any atom is -0.495 e. The van der Waals surface area contributed by atoms with E-state index in [1.807, 2.05) is 11.0 Å². The van der Waals surface area contributed by atoms with Gasteiger partial charge in [0.05, 0.1) is 14.2 Å². The number of benzene rings is 2. The van der Waals surface area contributed by atoms with Crippen LogP contribution in [-0.4, -0.2) is 55.6 Å². The van der Waals surface area contributed by atoms with Gasteiger partial charge in [-0.2, -0.15) is 0 Å².